The molecule has 0 saturated carbocycles. The summed E-state index contributed by atoms with van der Waals surface area (Å²) in [4.78, 5) is 52.2. The number of aromatic amines is 1. The van der Waals surface area contributed by atoms with Crippen molar-refractivity contribution in [1.29, 1.82) is 0 Å². The zero-order valence-corrected chi connectivity index (χ0v) is 28.1. The number of amides is 2. The third-order valence-corrected chi connectivity index (χ3v) is 7.94. The number of H-pyrrole nitrogens is 1. The normalized spacial score (nSPS) is 11.3. The van der Waals surface area contributed by atoms with Crippen LogP contribution in [-0.2, 0) is 29.2 Å². The van der Waals surface area contributed by atoms with Gasteiger partial charge in [-0.15, -0.1) is 0 Å². The van der Waals surface area contributed by atoms with Gasteiger partial charge in [-0.25, -0.2) is 15.0 Å². The van der Waals surface area contributed by atoms with Crippen molar-refractivity contribution in [3.63, 3.8) is 0 Å². The Bertz CT molecular complexity index is 2220. The van der Waals surface area contributed by atoms with E-state index in [-0.39, 0.29) is 23.9 Å². The van der Waals surface area contributed by atoms with E-state index < -0.39 is 0 Å². The highest BCUT2D eigenvalue weighted by Gasteiger charge is 2.07. The Morgan fingerprint density at radius 3 is 1.94 bits per heavy atom. The summed E-state index contributed by atoms with van der Waals surface area (Å²) in [6.45, 7) is 4.48. The fourth-order valence-corrected chi connectivity index (χ4v) is 5.16. The number of nitrogens with one attached hydrogen (secondary N) is 5. The van der Waals surface area contributed by atoms with Gasteiger partial charge in [-0.3, -0.25) is 14.4 Å². The molecule has 2 amide bonds. The number of hydrogen-bond donors (Lipinski definition) is 5. The molecule has 0 unspecified atom stereocenters. The van der Waals surface area contributed by atoms with Gasteiger partial charge in [0.15, 0.2) is 5.65 Å². The average Bonchev–Trinajstić information content (AvgIpc) is 3.14. The molecular formula is C38H38N10O3. The predicted octanol–water partition coefficient (Wildman–Crippen LogP) is 5.50. The molecule has 51 heavy (non-hydrogen) atoms. The lowest BCUT2D eigenvalue weighted by Crippen LogP contribution is -2.27. The molecule has 0 aliphatic carbocycles. The summed E-state index contributed by atoms with van der Waals surface area (Å²) in [5, 5.41) is 22.7. The molecular weight excluding hydrogens is 644 g/mol. The highest BCUT2D eigenvalue weighted by molar-refractivity contribution is 5.91. The molecule has 4 aromatic heterocycles. The Morgan fingerprint density at radius 2 is 1.25 bits per heavy atom. The molecule has 0 fully saturated rings. The molecule has 0 radical (unpaired) electrons. The molecule has 0 aliphatic rings. The molecule has 258 valence electrons. The maximum atomic E-state index is 12.4. The summed E-state index contributed by atoms with van der Waals surface area (Å²) in [5.41, 5.74) is 6.06. The number of fused-ring (bicyclic) bond motifs is 2. The van der Waals surface area contributed by atoms with Crippen molar-refractivity contribution in [2.45, 2.75) is 39.4 Å². The van der Waals surface area contributed by atoms with Gasteiger partial charge in [0.1, 0.15) is 11.5 Å². The zero-order valence-electron chi connectivity index (χ0n) is 28.1. The van der Waals surface area contributed by atoms with Crippen LogP contribution < -0.4 is 26.8 Å². The van der Waals surface area contributed by atoms with Crippen molar-refractivity contribution >= 4 is 51.1 Å². The number of rotatable bonds is 15. The van der Waals surface area contributed by atoms with Gasteiger partial charge in [0.25, 0.3) is 0 Å². The van der Waals surface area contributed by atoms with Crippen LogP contribution in [0.15, 0.2) is 112 Å². The van der Waals surface area contributed by atoms with Crippen molar-refractivity contribution in [3.8, 4) is 0 Å². The fraction of sp³-hybridized carbons (Fsp3) is 0.211. The molecule has 0 aliphatic heterocycles. The molecule has 13 heteroatoms. The maximum absolute atomic E-state index is 12.4. The molecule has 4 heterocycles. The van der Waals surface area contributed by atoms with Gasteiger partial charge in [0.05, 0.1) is 23.6 Å². The number of aryl methyl sites for hydroxylation is 1. The highest BCUT2D eigenvalue weighted by atomic mass is 16.2. The first-order chi connectivity index (χ1) is 24.9. The second kappa shape index (κ2) is 17.0. The van der Waals surface area contributed by atoms with E-state index in [1.165, 1.54) is 6.07 Å². The van der Waals surface area contributed by atoms with Crippen molar-refractivity contribution in [3.05, 3.63) is 130 Å². The van der Waals surface area contributed by atoms with Gasteiger partial charge < -0.3 is 26.3 Å². The van der Waals surface area contributed by atoms with Crippen LogP contribution >= 0.6 is 0 Å². The van der Waals surface area contributed by atoms with Gasteiger partial charge in [-0.05, 0) is 84.8 Å². The summed E-state index contributed by atoms with van der Waals surface area (Å²) < 4.78 is 0. The van der Waals surface area contributed by atoms with E-state index in [9.17, 15) is 14.4 Å². The van der Waals surface area contributed by atoms with Crippen molar-refractivity contribution in [1.82, 2.24) is 35.9 Å². The Balaban J connectivity index is 0.851. The lowest BCUT2D eigenvalue weighted by molar-refractivity contribution is -0.121. The number of pyridine rings is 4. The Labute approximate surface area is 294 Å². The van der Waals surface area contributed by atoms with E-state index in [1.54, 1.807) is 12.1 Å². The summed E-state index contributed by atoms with van der Waals surface area (Å²) in [5.74, 6) is 0.290. The van der Waals surface area contributed by atoms with Crippen LogP contribution in [0.1, 0.15) is 35.4 Å². The topological polar surface area (TPSA) is 179 Å². The summed E-state index contributed by atoms with van der Waals surface area (Å²) in [7, 11) is 0. The molecule has 13 nitrogen and oxygen atoms in total. The van der Waals surface area contributed by atoms with Crippen LogP contribution in [0.25, 0.3) is 22.1 Å². The monoisotopic (exact) mass is 682 g/mol. The Kier molecular flexibility index (Phi) is 11.5. The minimum absolute atomic E-state index is 0.0880. The van der Waals surface area contributed by atoms with E-state index in [4.69, 9.17) is 0 Å². The first-order valence-electron chi connectivity index (χ1n) is 16.7. The van der Waals surface area contributed by atoms with E-state index in [0.717, 1.165) is 39.0 Å². The minimum atomic E-state index is -0.213. The Hall–Kier alpha value is -6.18. The van der Waals surface area contributed by atoms with E-state index >= 15 is 0 Å². The van der Waals surface area contributed by atoms with Crippen LogP contribution in [0.5, 0.6) is 0 Å². The molecule has 6 rings (SSSR count). The van der Waals surface area contributed by atoms with Gasteiger partial charge in [0, 0.05) is 61.6 Å². The van der Waals surface area contributed by atoms with Gasteiger partial charge in [-0.2, -0.15) is 10.2 Å². The maximum Gasteiger partial charge on any atom is 0.249 e. The standard InChI is InChI=1S/C38H38N10O3/c1-25-2-7-28-9-16-33(45-37(28)42-25)44-36(51)19-21-40-23-27-5-13-31(14-6-27)48-47-30-11-3-26(4-12-30)22-39-20-18-34(49)41-24-32-15-8-29-10-17-35(50)46-38(29)43-32/h2-17,39-40H,18-24H2,1H3,(H,41,49)(H,43,46,50)(H,42,44,45,51). The second-order valence-electron chi connectivity index (χ2n) is 12.0. The number of carbonyl (C=O) groups excluding carboxylic acids is 2. The van der Waals surface area contributed by atoms with Crippen LogP contribution in [0.4, 0.5) is 17.2 Å². The number of aromatic nitrogens is 4. The van der Waals surface area contributed by atoms with Crippen LogP contribution in [0, 0.1) is 6.92 Å². The number of benzene rings is 2. The SMILES string of the molecule is Cc1ccc2ccc(NC(=O)CCNCc3ccc(N=Nc4ccc(CNCCC(=O)NCc5ccc6ccc(=O)[nH]c6n5)cc4)cc3)nc2n1. The largest absolute Gasteiger partial charge is 0.350 e. The molecule has 2 aromatic carbocycles. The molecule has 0 saturated heterocycles. The van der Waals surface area contributed by atoms with E-state index in [1.807, 2.05) is 85.8 Å². The molecule has 0 bridgehead atoms. The minimum Gasteiger partial charge on any atom is -0.350 e. The summed E-state index contributed by atoms with van der Waals surface area (Å²) >= 11 is 0. The van der Waals surface area contributed by atoms with Crippen molar-refractivity contribution in [2.75, 3.05) is 18.4 Å². The smallest absolute Gasteiger partial charge is 0.249 e. The van der Waals surface area contributed by atoms with Gasteiger partial charge in [0.2, 0.25) is 17.4 Å². The first-order valence-corrected chi connectivity index (χ1v) is 16.7. The predicted molar refractivity (Wildman–Crippen MR) is 197 cm³/mol. The average molecular weight is 683 g/mol. The quantitative estimate of drug-likeness (QED) is 0.0696. The second-order valence-corrected chi connectivity index (χ2v) is 12.0. The van der Waals surface area contributed by atoms with E-state index in [0.29, 0.717) is 61.8 Å². The third kappa shape index (κ3) is 10.4. The molecule has 5 N–H and O–H groups in total. The Morgan fingerprint density at radius 1 is 0.647 bits per heavy atom. The van der Waals surface area contributed by atoms with Crippen molar-refractivity contribution < 1.29 is 9.59 Å². The fourth-order valence-electron chi connectivity index (χ4n) is 5.16. The summed E-state index contributed by atoms with van der Waals surface area (Å²) in [6, 6.07) is 30.0. The number of hydrogen-bond acceptors (Lipinski definition) is 10. The molecule has 0 atom stereocenters. The molecule has 6 aromatic rings. The number of nitrogens with zero attached hydrogens (tertiary/aromatic N) is 5. The first kappa shape index (κ1) is 34.7. The van der Waals surface area contributed by atoms with Crippen LogP contribution in [0.3, 0.4) is 0 Å². The van der Waals surface area contributed by atoms with Crippen LogP contribution in [0.2, 0.25) is 0 Å². The van der Waals surface area contributed by atoms with Gasteiger partial charge in [-0.1, -0.05) is 24.3 Å². The van der Waals surface area contributed by atoms with E-state index in [2.05, 4.69) is 51.4 Å². The lowest BCUT2D eigenvalue weighted by atomic mass is 10.2. The number of azo groups is 1. The zero-order chi connectivity index (χ0) is 35.4. The number of carbonyl (C=O) groups is 2. The number of anilines is 1. The highest BCUT2D eigenvalue weighted by Crippen LogP contribution is 2.20. The van der Waals surface area contributed by atoms with Crippen LogP contribution in [-0.4, -0.2) is 44.8 Å². The molecule has 0 spiro atoms. The van der Waals surface area contributed by atoms with Gasteiger partial charge >= 0.3 is 0 Å². The van der Waals surface area contributed by atoms with Crippen molar-refractivity contribution in [2.24, 2.45) is 10.2 Å². The summed E-state index contributed by atoms with van der Waals surface area (Å²) in [6.07, 6.45) is 0.641. The lowest BCUT2D eigenvalue weighted by Gasteiger charge is -2.07. The third-order valence-electron chi connectivity index (χ3n) is 7.94.